The number of para-hydroxylation sites is 1. The van der Waals surface area contributed by atoms with Crippen molar-refractivity contribution in [1.29, 1.82) is 0 Å². The number of amides is 1. The van der Waals surface area contributed by atoms with Crippen LogP contribution in [0, 0.1) is 5.82 Å². The van der Waals surface area contributed by atoms with E-state index < -0.39 is 0 Å². The summed E-state index contributed by atoms with van der Waals surface area (Å²) in [6.45, 7) is 0.461. The molecule has 29 heavy (non-hydrogen) atoms. The highest BCUT2D eigenvalue weighted by Crippen LogP contribution is 2.27. The second kappa shape index (κ2) is 8.79. The van der Waals surface area contributed by atoms with Crippen LogP contribution >= 0.6 is 11.8 Å². The van der Waals surface area contributed by atoms with E-state index in [2.05, 4.69) is 10.3 Å². The molecule has 0 unspecified atom stereocenters. The fourth-order valence-electron chi connectivity index (χ4n) is 2.88. The normalized spacial score (nSPS) is 10.8. The third-order valence-corrected chi connectivity index (χ3v) is 5.23. The fraction of sp³-hybridized carbons (Fsp3) is 0.0909. The minimum Gasteiger partial charge on any atom is -0.467 e. The average molecular weight is 407 g/mol. The van der Waals surface area contributed by atoms with Crippen LogP contribution in [-0.2, 0) is 11.3 Å². The Bertz CT molecular complexity index is 1080. The van der Waals surface area contributed by atoms with Crippen LogP contribution in [0.15, 0.2) is 88.8 Å². The zero-order chi connectivity index (χ0) is 20.1. The first-order valence-corrected chi connectivity index (χ1v) is 9.99. The van der Waals surface area contributed by atoms with Gasteiger partial charge in [-0.1, -0.05) is 30.0 Å². The Kier molecular flexibility index (Phi) is 5.76. The number of hydrogen-bond donors (Lipinski definition) is 1. The molecule has 2 heterocycles. The van der Waals surface area contributed by atoms with Crippen molar-refractivity contribution in [3.05, 3.63) is 90.8 Å². The van der Waals surface area contributed by atoms with Gasteiger partial charge in [-0.2, -0.15) is 0 Å². The van der Waals surface area contributed by atoms with E-state index in [4.69, 9.17) is 4.42 Å². The molecule has 0 aliphatic rings. The van der Waals surface area contributed by atoms with Gasteiger partial charge in [0.2, 0.25) is 5.91 Å². The van der Waals surface area contributed by atoms with Crippen molar-refractivity contribution in [2.24, 2.45) is 0 Å². The highest BCUT2D eigenvalue weighted by Gasteiger charge is 2.15. The molecule has 0 spiro atoms. The molecular formula is C22H18FN3O2S. The van der Waals surface area contributed by atoms with Gasteiger partial charge in [0.15, 0.2) is 5.16 Å². The molecule has 0 aliphatic heterocycles. The topological polar surface area (TPSA) is 60.1 Å². The Morgan fingerprint density at radius 2 is 1.86 bits per heavy atom. The van der Waals surface area contributed by atoms with E-state index in [1.165, 1.54) is 23.9 Å². The van der Waals surface area contributed by atoms with Gasteiger partial charge in [0, 0.05) is 5.69 Å². The number of furan rings is 1. The number of rotatable bonds is 7. The maximum atomic E-state index is 13.3. The summed E-state index contributed by atoms with van der Waals surface area (Å²) >= 11 is 1.34. The molecule has 0 bridgehead atoms. The minimum atomic E-state index is -0.293. The second-order valence-corrected chi connectivity index (χ2v) is 7.24. The number of carbonyl (C=O) groups is 1. The zero-order valence-corrected chi connectivity index (χ0v) is 16.2. The number of benzene rings is 2. The molecule has 1 N–H and O–H groups in total. The summed E-state index contributed by atoms with van der Waals surface area (Å²) in [4.78, 5) is 16.8. The molecule has 0 fully saturated rings. The number of nitrogens with zero attached hydrogens (tertiary/aromatic N) is 2. The van der Waals surface area contributed by atoms with Gasteiger partial charge in [-0.15, -0.1) is 0 Å². The van der Waals surface area contributed by atoms with Crippen LogP contribution in [0.2, 0.25) is 0 Å². The lowest BCUT2D eigenvalue weighted by Gasteiger charge is -2.11. The van der Waals surface area contributed by atoms with Crippen LogP contribution < -0.4 is 5.32 Å². The van der Waals surface area contributed by atoms with Crippen LogP contribution in [0.4, 0.5) is 10.1 Å². The van der Waals surface area contributed by atoms with E-state index in [9.17, 15) is 9.18 Å². The lowest BCUT2D eigenvalue weighted by Crippen LogP contribution is -2.14. The standard InChI is InChI=1S/C22H18FN3O2S/c23-17-10-8-16(9-11-17)20-13-24-22(26(20)14-19-7-4-12-28-19)29-15-21(27)25-18-5-2-1-3-6-18/h1-13H,14-15H2,(H,25,27). The minimum absolute atomic E-state index is 0.114. The van der Waals surface area contributed by atoms with Gasteiger partial charge in [-0.25, -0.2) is 9.37 Å². The van der Waals surface area contributed by atoms with Gasteiger partial charge >= 0.3 is 0 Å². The quantitative estimate of drug-likeness (QED) is 0.435. The van der Waals surface area contributed by atoms with Crippen molar-refractivity contribution in [2.75, 3.05) is 11.1 Å². The molecule has 146 valence electrons. The summed E-state index contributed by atoms with van der Waals surface area (Å²) in [5.74, 6) is 0.574. The molecule has 0 saturated heterocycles. The maximum Gasteiger partial charge on any atom is 0.234 e. The molecule has 5 nitrogen and oxygen atoms in total. The first kappa shape index (κ1) is 19.0. The Morgan fingerprint density at radius 3 is 2.59 bits per heavy atom. The molecule has 7 heteroatoms. The van der Waals surface area contributed by atoms with E-state index in [0.717, 1.165) is 22.7 Å². The van der Waals surface area contributed by atoms with Crippen LogP contribution in [0.1, 0.15) is 5.76 Å². The Morgan fingerprint density at radius 1 is 1.07 bits per heavy atom. The first-order valence-electron chi connectivity index (χ1n) is 9.00. The van der Waals surface area contributed by atoms with E-state index in [1.54, 1.807) is 24.6 Å². The van der Waals surface area contributed by atoms with Crippen LogP contribution in [-0.4, -0.2) is 21.2 Å². The van der Waals surface area contributed by atoms with Crippen molar-refractivity contribution in [3.63, 3.8) is 0 Å². The molecule has 0 saturated carbocycles. The van der Waals surface area contributed by atoms with Crippen molar-refractivity contribution in [1.82, 2.24) is 9.55 Å². The van der Waals surface area contributed by atoms with E-state index in [1.807, 2.05) is 47.0 Å². The summed E-state index contributed by atoms with van der Waals surface area (Å²) in [6.07, 6.45) is 3.34. The van der Waals surface area contributed by atoms with Gasteiger partial charge in [0.05, 0.1) is 30.5 Å². The van der Waals surface area contributed by atoms with E-state index in [-0.39, 0.29) is 17.5 Å². The number of imidazole rings is 1. The Hall–Kier alpha value is -3.32. The molecule has 2 aromatic carbocycles. The first-order chi connectivity index (χ1) is 14.2. The Labute approximate surface area is 171 Å². The zero-order valence-electron chi connectivity index (χ0n) is 15.4. The molecular weight excluding hydrogens is 389 g/mol. The van der Waals surface area contributed by atoms with Crippen molar-refractivity contribution >= 4 is 23.4 Å². The highest BCUT2D eigenvalue weighted by atomic mass is 32.2. The molecule has 4 aromatic rings. The molecule has 2 aromatic heterocycles. The van der Waals surface area contributed by atoms with Gasteiger partial charge < -0.3 is 14.3 Å². The van der Waals surface area contributed by atoms with Gasteiger partial charge in [0.1, 0.15) is 11.6 Å². The van der Waals surface area contributed by atoms with Crippen molar-refractivity contribution < 1.29 is 13.6 Å². The van der Waals surface area contributed by atoms with Crippen molar-refractivity contribution in [3.8, 4) is 11.3 Å². The number of anilines is 1. The van der Waals surface area contributed by atoms with Gasteiger partial charge in [0.25, 0.3) is 0 Å². The average Bonchev–Trinajstić information content (AvgIpc) is 3.38. The van der Waals surface area contributed by atoms with E-state index >= 15 is 0 Å². The predicted molar refractivity (Wildman–Crippen MR) is 111 cm³/mol. The Balaban J connectivity index is 1.54. The van der Waals surface area contributed by atoms with Crippen molar-refractivity contribution in [2.45, 2.75) is 11.7 Å². The monoisotopic (exact) mass is 407 g/mol. The lowest BCUT2D eigenvalue weighted by atomic mass is 10.1. The van der Waals surface area contributed by atoms with Gasteiger partial charge in [-0.3, -0.25) is 4.79 Å². The lowest BCUT2D eigenvalue weighted by molar-refractivity contribution is -0.113. The number of thioether (sulfide) groups is 1. The van der Waals surface area contributed by atoms with E-state index in [0.29, 0.717) is 11.7 Å². The number of nitrogens with one attached hydrogen (secondary N) is 1. The highest BCUT2D eigenvalue weighted by molar-refractivity contribution is 7.99. The third-order valence-electron chi connectivity index (χ3n) is 4.24. The van der Waals surface area contributed by atoms with Gasteiger partial charge in [-0.05, 0) is 54.1 Å². The number of halogens is 1. The largest absolute Gasteiger partial charge is 0.467 e. The number of hydrogen-bond acceptors (Lipinski definition) is 4. The fourth-order valence-corrected chi connectivity index (χ4v) is 3.66. The smallest absolute Gasteiger partial charge is 0.234 e. The molecule has 0 atom stereocenters. The third kappa shape index (κ3) is 4.75. The molecule has 0 aliphatic carbocycles. The summed E-state index contributed by atoms with van der Waals surface area (Å²) in [7, 11) is 0. The SMILES string of the molecule is O=C(CSc1ncc(-c2ccc(F)cc2)n1Cc1ccco1)Nc1ccccc1. The summed E-state index contributed by atoms with van der Waals surface area (Å²) in [5, 5.41) is 3.55. The van der Waals surface area contributed by atoms with Crippen LogP contribution in [0.25, 0.3) is 11.3 Å². The number of aromatic nitrogens is 2. The summed E-state index contributed by atoms with van der Waals surface area (Å²) in [6, 6.07) is 19.3. The number of carbonyl (C=O) groups excluding carboxylic acids is 1. The summed E-state index contributed by atoms with van der Waals surface area (Å²) < 4.78 is 20.8. The molecule has 1 amide bonds. The second-order valence-electron chi connectivity index (χ2n) is 6.30. The van der Waals surface area contributed by atoms with Crippen LogP contribution in [0.3, 0.4) is 0 Å². The predicted octanol–water partition coefficient (Wildman–Crippen LogP) is 5.06. The molecule has 4 rings (SSSR count). The maximum absolute atomic E-state index is 13.3. The van der Waals surface area contributed by atoms with Crippen LogP contribution in [0.5, 0.6) is 0 Å². The molecule has 0 radical (unpaired) electrons. The summed E-state index contributed by atoms with van der Waals surface area (Å²) in [5.41, 5.74) is 2.42.